The van der Waals surface area contributed by atoms with Gasteiger partial charge in [0.1, 0.15) is 22.9 Å². The van der Waals surface area contributed by atoms with Gasteiger partial charge in [0.05, 0.1) is 13.2 Å². The molecule has 1 amide bonds. The van der Waals surface area contributed by atoms with Crippen LogP contribution in [-0.2, 0) is 16.8 Å². The number of nitriles is 1. The molecule has 6 heteroatoms. The summed E-state index contributed by atoms with van der Waals surface area (Å²) in [4.78, 5) is 15.4. The van der Waals surface area contributed by atoms with E-state index in [0.717, 1.165) is 59.5 Å². The van der Waals surface area contributed by atoms with Crippen molar-refractivity contribution >= 4 is 17.4 Å². The van der Waals surface area contributed by atoms with Gasteiger partial charge >= 0.3 is 0 Å². The zero-order valence-corrected chi connectivity index (χ0v) is 17.4. The lowest BCUT2D eigenvalue weighted by Crippen LogP contribution is -2.55. The number of fused-ring (bicyclic) bond motifs is 3. The van der Waals surface area contributed by atoms with E-state index in [0.29, 0.717) is 6.54 Å². The van der Waals surface area contributed by atoms with Gasteiger partial charge in [0, 0.05) is 17.9 Å². The summed E-state index contributed by atoms with van der Waals surface area (Å²) < 4.78 is 5.26. The molecule has 2 aromatic carbocycles. The van der Waals surface area contributed by atoms with Gasteiger partial charge in [0.25, 0.3) is 0 Å². The number of amidine groups is 1. The van der Waals surface area contributed by atoms with Crippen LogP contribution in [0.1, 0.15) is 36.8 Å². The highest BCUT2D eigenvalue weighted by molar-refractivity contribution is 6.13. The molecule has 1 aliphatic carbocycles. The second-order valence-electron chi connectivity index (χ2n) is 8.32. The SMILES string of the molecule is COc1ccc(CN2C(=N)[C@H](C#N)[C@]3(C(=O)Nc4ccccc43)C3=C2CCCC3)cc1. The molecule has 0 saturated heterocycles. The van der Waals surface area contributed by atoms with E-state index < -0.39 is 11.3 Å². The van der Waals surface area contributed by atoms with E-state index in [4.69, 9.17) is 10.1 Å². The minimum absolute atomic E-state index is 0.177. The molecule has 0 radical (unpaired) electrons. The maximum Gasteiger partial charge on any atom is 0.241 e. The van der Waals surface area contributed by atoms with Crippen LogP contribution >= 0.6 is 0 Å². The number of benzene rings is 2. The van der Waals surface area contributed by atoms with Crippen molar-refractivity contribution in [2.45, 2.75) is 37.6 Å². The molecule has 2 N–H and O–H groups in total. The summed E-state index contributed by atoms with van der Waals surface area (Å²) in [5, 5.41) is 22.3. The molecule has 0 fully saturated rings. The molecule has 156 valence electrons. The number of nitrogens with one attached hydrogen (secondary N) is 2. The fourth-order valence-electron chi connectivity index (χ4n) is 5.41. The van der Waals surface area contributed by atoms with Crippen LogP contribution in [0.2, 0.25) is 0 Å². The number of nitrogens with zero attached hydrogens (tertiary/aromatic N) is 2. The number of amides is 1. The van der Waals surface area contributed by atoms with Gasteiger partial charge in [-0.3, -0.25) is 10.2 Å². The lowest BCUT2D eigenvalue weighted by molar-refractivity contribution is -0.120. The number of hydrogen-bond donors (Lipinski definition) is 2. The number of carbonyl (C=O) groups excluding carboxylic acids is 1. The van der Waals surface area contributed by atoms with E-state index in [-0.39, 0.29) is 11.7 Å². The lowest BCUT2D eigenvalue weighted by Gasteiger charge is -2.47. The number of methoxy groups -OCH3 is 1. The molecular formula is C25H24N4O2. The van der Waals surface area contributed by atoms with E-state index in [1.54, 1.807) is 7.11 Å². The average Bonchev–Trinajstić information content (AvgIpc) is 3.10. The summed E-state index contributed by atoms with van der Waals surface area (Å²) in [6, 6.07) is 17.7. The monoisotopic (exact) mass is 412 g/mol. The van der Waals surface area contributed by atoms with Crippen molar-refractivity contribution in [3.63, 3.8) is 0 Å². The number of anilines is 1. The quantitative estimate of drug-likeness (QED) is 0.785. The maximum absolute atomic E-state index is 13.5. The molecule has 0 unspecified atom stereocenters. The molecule has 0 saturated carbocycles. The van der Waals surface area contributed by atoms with E-state index in [1.165, 1.54) is 0 Å². The normalized spacial score (nSPS) is 24.5. The van der Waals surface area contributed by atoms with Gasteiger partial charge in [-0.05, 0) is 60.6 Å². The van der Waals surface area contributed by atoms with E-state index in [1.807, 2.05) is 53.4 Å². The zero-order chi connectivity index (χ0) is 21.6. The van der Waals surface area contributed by atoms with Crippen molar-refractivity contribution in [2.24, 2.45) is 5.92 Å². The highest BCUT2D eigenvalue weighted by Crippen LogP contribution is 2.55. The van der Waals surface area contributed by atoms with Gasteiger partial charge in [-0.1, -0.05) is 30.3 Å². The third-order valence-corrected chi connectivity index (χ3v) is 6.82. The van der Waals surface area contributed by atoms with Gasteiger partial charge in [0.15, 0.2) is 0 Å². The number of carbonyl (C=O) groups is 1. The molecule has 6 nitrogen and oxygen atoms in total. The summed E-state index contributed by atoms with van der Waals surface area (Å²) in [6.45, 7) is 0.499. The van der Waals surface area contributed by atoms with Crippen molar-refractivity contribution in [3.05, 3.63) is 70.9 Å². The van der Waals surface area contributed by atoms with Crippen molar-refractivity contribution in [1.29, 1.82) is 10.7 Å². The highest BCUT2D eigenvalue weighted by Gasteiger charge is 2.60. The third kappa shape index (κ3) is 2.70. The van der Waals surface area contributed by atoms with E-state index >= 15 is 0 Å². The Hall–Kier alpha value is -3.59. The van der Waals surface area contributed by atoms with Crippen LogP contribution in [0.15, 0.2) is 59.8 Å². The summed E-state index contributed by atoms with van der Waals surface area (Å²) in [5.74, 6) is -0.0660. The molecule has 1 spiro atoms. The Morgan fingerprint density at radius 3 is 2.68 bits per heavy atom. The van der Waals surface area contributed by atoms with Crippen LogP contribution in [0.3, 0.4) is 0 Å². The number of ether oxygens (including phenoxy) is 1. The van der Waals surface area contributed by atoms with Crippen molar-refractivity contribution in [1.82, 2.24) is 4.90 Å². The first-order chi connectivity index (χ1) is 15.1. The zero-order valence-electron chi connectivity index (χ0n) is 17.4. The molecule has 5 rings (SSSR count). The fraction of sp³-hybridized carbons (Fsp3) is 0.320. The largest absolute Gasteiger partial charge is 0.497 e. The molecule has 2 aliphatic heterocycles. The standard InChI is InChI=1S/C25H24N4O2/c1-31-17-12-10-16(11-13-17)15-29-22-9-5-3-7-19(22)25(20(14-26)23(29)27)18-6-2-4-8-21(18)28-24(25)30/h2,4,6,8,10-13,20,27H,3,5,7,9,15H2,1H3,(H,28,30)/t20-,25+/m0/s1. The minimum atomic E-state index is -1.10. The third-order valence-electron chi connectivity index (χ3n) is 6.82. The first-order valence-electron chi connectivity index (χ1n) is 10.6. The average molecular weight is 412 g/mol. The van der Waals surface area contributed by atoms with Crippen LogP contribution in [0.4, 0.5) is 5.69 Å². The molecule has 31 heavy (non-hydrogen) atoms. The summed E-state index contributed by atoms with van der Waals surface area (Å²) in [7, 11) is 1.63. The summed E-state index contributed by atoms with van der Waals surface area (Å²) >= 11 is 0. The topological polar surface area (TPSA) is 89.2 Å². The van der Waals surface area contributed by atoms with Gasteiger partial charge in [-0.2, -0.15) is 5.26 Å². The molecule has 2 atom stereocenters. The van der Waals surface area contributed by atoms with Crippen LogP contribution in [0, 0.1) is 22.7 Å². The van der Waals surface area contributed by atoms with Gasteiger partial charge in [-0.15, -0.1) is 0 Å². The van der Waals surface area contributed by atoms with Gasteiger partial charge < -0.3 is 15.0 Å². The molecule has 0 bridgehead atoms. The first kappa shape index (κ1) is 19.4. The minimum Gasteiger partial charge on any atom is -0.497 e. The molecule has 2 aromatic rings. The van der Waals surface area contributed by atoms with Crippen LogP contribution < -0.4 is 10.1 Å². The summed E-state index contributed by atoms with van der Waals surface area (Å²) in [6.07, 6.45) is 3.57. The predicted octanol–water partition coefficient (Wildman–Crippen LogP) is 4.35. The number of para-hydroxylation sites is 1. The Balaban J connectivity index is 1.67. The molecule has 3 aliphatic rings. The second kappa shape index (κ2) is 7.28. The molecular weight excluding hydrogens is 388 g/mol. The second-order valence-corrected chi connectivity index (χ2v) is 8.32. The fourth-order valence-corrected chi connectivity index (χ4v) is 5.41. The van der Waals surface area contributed by atoms with Gasteiger partial charge in [-0.25, -0.2) is 0 Å². The summed E-state index contributed by atoms with van der Waals surface area (Å²) in [5.41, 5.74) is 3.56. The lowest BCUT2D eigenvalue weighted by atomic mass is 9.60. The Morgan fingerprint density at radius 2 is 1.94 bits per heavy atom. The number of rotatable bonds is 3. The van der Waals surface area contributed by atoms with Crippen LogP contribution in [0.5, 0.6) is 5.75 Å². The van der Waals surface area contributed by atoms with Gasteiger partial charge in [0.2, 0.25) is 5.91 Å². The van der Waals surface area contributed by atoms with Crippen molar-refractivity contribution in [3.8, 4) is 11.8 Å². The predicted molar refractivity (Wildman–Crippen MR) is 118 cm³/mol. The Labute approximate surface area is 181 Å². The maximum atomic E-state index is 13.5. The Kier molecular flexibility index (Phi) is 4.55. The van der Waals surface area contributed by atoms with Crippen molar-refractivity contribution < 1.29 is 9.53 Å². The van der Waals surface area contributed by atoms with E-state index in [2.05, 4.69) is 11.4 Å². The smallest absolute Gasteiger partial charge is 0.241 e. The van der Waals surface area contributed by atoms with Crippen LogP contribution in [-0.4, -0.2) is 23.8 Å². The molecule has 2 heterocycles. The molecule has 0 aromatic heterocycles. The van der Waals surface area contributed by atoms with Crippen molar-refractivity contribution in [2.75, 3.05) is 12.4 Å². The number of hydrogen-bond acceptors (Lipinski definition) is 4. The first-order valence-corrected chi connectivity index (χ1v) is 10.6. The van der Waals surface area contributed by atoms with E-state index in [9.17, 15) is 10.1 Å². The highest BCUT2D eigenvalue weighted by atomic mass is 16.5. The Bertz CT molecular complexity index is 1140. The number of allylic oxidation sites excluding steroid dienone is 1. The van der Waals surface area contributed by atoms with Crippen LogP contribution in [0.25, 0.3) is 0 Å². The Morgan fingerprint density at radius 1 is 1.19 bits per heavy atom.